The highest BCUT2D eigenvalue weighted by Gasteiger charge is 2.04. The molecule has 0 heterocycles. The van der Waals surface area contributed by atoms with Gasteiger partial charge in [0.15, 0.2) is 0 Å². The van der Waals surface area contributed by atoms with E-state index in [4.69, 9.17) is 10.8 Å². The summed E-state index contributed by atoms with van der Waals surface area (Å²) in [5.74, 6) is 0. The Hall–Kier alpha value is -0.0900. The van der Waals surface area contributed by atoms with Crippen LogP contribution in [0.15, 0.2) is 28.7 Å². The molecule has 0 saturated heterocycles. The fraction of sp³-hybridized carbons (Fsp3) is 0.333. The van der Waals surface area contributed by atoms with Gasteiger partial charge in [-0.1, -0.05) is 34.1 Å². The molecule has 1 rings (SSSR count). The summed E-state index contributed by atoms with van der Waals surface area (Å²) in [6.45, 7) is 0.0291. The molecule has 0 amide bonds. The number of aliphatic hydroxyl groups excluding tert-OH is 1. The summed E-state index contributed by atoms with van der Waals surface area (Å²) in [5.41, 5.74) is 6.74. The van der Waals surface area contributed by atoms with Gasteiger partial charge in [0.1, 0.15) is 0 Å². The lowest BCUT2D eigenvalue weighted by Gasteiger charge is -2.08. The first-order valence-electron chi connectivity index (χ1n) is 3.84. The van der Waals surface area contributed by atoms with E-state index in [1.165, 1.54) is 0 Å². The minimum atomic E-state index is -0.163. The maximum absolute atomic E-state index is 8.75. The highest BCUT2D eigenvalue weighted by molar-refractivity contribution is 9.10. The number of nitrogens with two attached hydrogens (primary N) is 1. The average Bonchev–Trinajstić information content (AvgIpc) is 2.09. The van der Waals surface area contributed by atoms with Gasteiger partial charge >= 0.3 is 0 Å². The van der Waals surface area contributed by atoms with Crippen LogP contribution in [0.3, 0.4) is 0 Å². The topological polar surface area (TPSA) is 46.2 Å². The third kappa shape index (κ3) is 4.09. The molecule has 0 aromatic heterocycles. The summed E-state index contributed by atoms with van der Waals surface area (Å²) < 4.78 is 1.05. The van der Waals surface area contributed by atoms with Crippen LogP contribution in [-0.4, -0.2) is 17.8 Å². The average molecular weight is 267 g/mol. The Morgan fingerprint density at radius 3 is 2.54 bits per heavy atom. The molecule has 0 bridgehead atoms. The van der Waals surface area contributed by atoms with Crippen LogP contribution < -0.4 is 5.73 Å². The van der Waals surface area contributed by atoms with Gasteiger partial charge in [-0.3, -0.25) is 0 Å². The van der Waals surface area contributed by atoms with Crippen molar-refractivity contribution in [2.24, 2.45) is 5.73 Å². The Morgan fingerprint density at radius 1 is 1.38 bits per heavy atom. The molecule has 4 heteroatoms. The van der Waals surface area contributed by atoms with Crippen molar-refractivity contribution in [3.63, 3.8) is 0 Å². The minimum absolute atomic E-state index is 0. The lowest BCUT2D eigenvalue weighted by molar-refractivity contribution is 0.265. The van der Waals surface area contributed by atoms with Crippen molar-refractivity contribution < 1.29 is 5.11 Å². The van der Waals surface area contributed by atoms with Gasteiger partial charge in [0, 0.05) is 10.5 Å². The van der Waals surface area contributed by atoms with Gasteiger partial charge in [-0.25, -0.2) is 0 Å². The molecule has 1 aromatic rings. The Balaban J connectivity index is 0.00000144. The smallest absolute Gasteiger partial charge is 0.0585 e. The Morgan fingerprint density at radius 2 is 2.00 bits per heavy atom. The Kier molecular flexibility index (Phi) is 6.33. The molecule has 0 aliphatic heterocycles. The van der Waals surface area contributed by atoms with Crippen molar-refractivity contribution in [1.82, 2.24) is 0 Å². The second-order valence-electron chi connectivity index (χ2n) is 2.74. The minimum Gasteiger partial charge on any atom is -0.395 e. The van der Waals surface area contributed by atoms with E-state index in [0.717, 1.165) is 10.0 Å². The van der Waals surface area contributed by atoms with Crippen molar-refractivity contribution in [3.05, 3.63) is 34.3 Å². The first-order chi connectivity index (χ1) is 5.74. The molecule has 0 spiro atoms. The highest BCUT2D eigenvalue weighted by Crippen LogP contribution is 2.16. The largest absolute Gasteiger partial charge is 0.395 e. The zero-order valence-electron chi connectivity index (χ0n) is 7.11. The summed E-state index contributed by atoms with van der Waals surface area (Å²) in [6, 6.07) is 7.73. The predicted octanol–water partition coefficient (Wildman–Crippen LogP) is 1.73. The van der Waals surface area contributed by atoms with Crippen LogP contribution in [0.1, 0.15) is 5.56 Å². The van der Waals surface area contributed by atoms with E-state index in [0.29, 0.717) is 6.42 Å². The molecule has 1 atom stereocenters. The van der Waals surface area contributed by atoms with E-state index < -0.39 is 0 Å². The lowest BCUT2D eigenvalue weighted by Crippen LogP contribution is -2.26. The van der Waals surface area contributed by atoms with Gasteiger partial charge in [-0.05, 0) is 18.1 Å². The molecule has 0 aliphatic carbocycles. The van der Waals surface area contributed by atoms with E-state index in [1.54, 1.807) is 0 Å². The predicted molar refractivity (Wildman–Crippen MR) is 60.2 cm³/mol. The van der Waals surface area contributed by atoms with Crippen LogP contribution in [0.2, 0.25) is 0 Å². The summed E-state index contributed by atoms with van der Waals surface area (Å²) in [5, 5.41) is 8.75. The number of aliphatic hydroxyl groups is 1. The maximum Gasteiger partial charge on any atom is 0.0585 e. The molecule has 0 fully saturated rings. The summed E-state index contributed by atoms with van der Waals surface area (Å²) >= 11 is 3.42. The molecule has 0 radical (unpaired) electrons. The lowest BCUT2D eigenvalue weighted by atomic mass is 10.1. The molecule has 0 saturated carbocycles. The standard InChI is InChI=1S/C9H12BrNO.ClH/c10-9-4-2-1-3-7(9)5-8(11)6-12;/h1-4,8,12H,5-6,11H2;1H. The molecule has 1 aromatic carbocycles. The van der Waals surface area contributed by atoms with Gasteiger partial charge in [-0.2, -0.15) is 0 Å². The van der Waals surface area contributed by atoms with Gasteiger partial charge < -0.3 is 10.8 Å². The van der Waals surface area contributed by atoms with Crippen molar-refractivity contribution in [1.29, 1.82) is 0 Å². The number of halogens is 2. The molecule has 1 unspecified atom stereocenters. The van der Waals surface area contributed by atoms with E-state index in [2.05, 4.69) is 15.9 Å². The maximum atomic E-state index is 8.75. The highest BCUT2D eigenvalue weighted by atomic mass is 79.9. The number of hydrogen-bond donors (Lipinski definition) is 2. The second-order valence-corrected chi connectivity index (χ2v) is 3.59. The summed E-state index contributed by atoms with van der Waals surface area (Å²) in [7, 11) is 0. The Bertz CT molecular complexity index is 257. The number of rotatable bonds is 3. The van der Waals surface area contributed by atoms with Gasteiger partial charge in [0.2, 0.25) is 0 Å². The van der Waals surface area contributed by atoms with Crippen molar-refractivity contribution in [3.8, 4) is 0 Å². The second kappa shape index (κ2) is 6.38. The van der Waals surface area contributed by atoms with Crippen LogP contribution in [0.4, 0.5) is 0 Å². The van der Waals surface area contributed by atoms with Crippen LogP contribution in [-0.2, 0) is 6.42 Å². The molecule has 0 aliphatic rings. The van der Waals surface area contributed by atoms with Crippen molar-refractivity contribution in [2.75, 3.05) is 6.61 Å². The molecule has 74 valence electrons. The van der Waals surface area contributed by atoms with E-state index in [-0.39, 0.29) is 25.1 Å². The van der Waals surface area contributed by atoms with Crippen molar-refractivity contribution >= 4 is 28.3 Å². The molecule has 13 heavy (non-hydrogen) atoms. The monoisotopic (exact) mass is 265 g/mol. The van der Waals surface area contributed by atoms with E-state index >= 15 is 0 Å². The first kappa shape index (κ1) is 12.9. The van der Waals surface area contributed by atoms with Crippen molar-refractivity contribution in [2.45, 2.75) is 12.5 Å². The normalized spacial score (nSPS) is 11.9. The summed E-state index contributed by atoms with van der Waals surface area (Å²) in [6.07, 6.45) is 0.706. The molecular formula is C9H13BrClNO. The fourth-order valence-corrected chi connectivity index (χ4v) is 1.46. The fourth-order valence-electron chi connectivity index (χ4n) is 1.01. The van der Waals surface area contributed by atoms with Crippen LogP contribution in [0, 0.1) is 0 Å². The molecular weight excluding hydrogens is 253 g/mol. The van der Waals surface area contributed by atoms with E-state index in [1.807, 2.05) is 24.3 Å². The number of benzene rings is 1. The van der Waals surface area contributed by atoms with E-state index in [9.17, 15) is 0 Å². The summed E-state index contributed by atoms with van der Waals surface area (Å²) in [4.78, 5) is 0. The zero-order chi connectivity index (χ0) is 8.97. The quantitative estimate of drug-likeness (QED) is 0.875. The van der Waals surface area contributed by atoms with Crippen LogP contribution >= 0.6 is 28.3 Å². The third-order valence-electron chi connectivity index (χ3n) is 1.67. The molecule has 3 N–H and O–H groups in total. The molecule has 2 nitrogen and oxygen atoms in total. The van der Waals surface area contributed by atoms with Gasteiger partial charge in [-0.15, -0.1) is 12.4 Å². The van der Waals surface area contributed by atoms with Gasteiger partial charge in [0.05, 0.1) is 6.61 Å². The van der Waals surface area contributed by atoms with Crippen LogP contribution in [0.25, 0.3) is 0 Å². The SMILES string of the molecule is Cl.NC(CO)Cc1ccccc1Br. The third-order valence-corrected chi connectivity index (χ3v) is 2.45. The zero-order valence-corrected chi connectivity index (χ0v) is 9.51. The first-order valence-corrected chi connectivity index (χ1v) is 4.63. The van der Waals surface area contributed by atoms with Crippen LogP contribution in [0.5, 0.6) is 0 Å². The number of hydrogen-bond acceptors (Lipinski definition) is 2. The van der Waals surface area contributed by atoms with Gasteiger partial charge in [0.25, 0.3) is 0 Å². The Labute approximate surface area is 92.7 Å².